The molecule has 0 N–H and O–H groups in total. The van der Waals surface area contributed by atoms with Crippen LogP contribution in [0.4, 0.5) is 0 Å². The largest absolute Gasteiger partial charge is 0.497 e. The molecule has 28 heavy (non-hydrogen) atoms. The predicted octanol–water partition coefficient (Wildman–Crippen LogP) is 4.75. The van der Waals surface area contributed by atoms with Crippen molar-refractivity contribution < 1.29 is 14.3 Å². The van der Waals surface area contributed by atoms with Crippen molar-refractivity contribution in [3.63, 3.8) is 0 Å². The van der Waals surface area contributed by atoms with Gasteiger partial charge in [0, 0.05) is 23.0 Å². The molecule has 1 aromatic carbocycles. The van der Waals surface area contributed by atoms with Crippen molar-refractivity contribution in [3.8, 4) is 17.5 Å². The van der Waals surface area contributed by atoms with Crippen LogP contribution in [0.5, 0.6) is 5.75 Å². The first kappa shape index (κ1) is 20.3. The number of carbonyl (C=O) groups excluding carboxylic acids is 1. The zero-order valence-corrected chi connectivity index (χ0v) is 17.3. The lowest BCUT2D eigenvalue weighted by Crippen LogP contribution is -2.11. The van der Waals surface area contributed by atoms with E-state index in [0.29, 0.717) is 6.42 Å². The smallest absolute Gasteiger partial charge is 0.348 e. The van der Waals surface area contributed by atoms with Crippen LogP contribution in [0.15, 0.2) is 35.9 Å². The quantitative estimate of drug-likeness (QED) is 0.294. The fraction of sp³-hybridized carbons (Fsp3) is 0.333. The Morgan fingerprint density at radius 3 is 2.54 bits per heavy atom. The molecule has 7 heteroatoms. The minimum atomic E-state index is -0.819. The Morgan fingerprint density at radius 2 is 2.00 bits per heavy atom. The number of aromatic nitrogens is 1. The topological polar surface area (TPSA) is 64.2 Å². The Labute approximate surface area is 174 Å². The highest BCUT2D eigenvalue weighted by Gasteiger charge is 2.52. The van der Waals surface area contributed by atoms with Gasteiger partial charge in [-0.25, -0.2) is 4.79 Å². The van der Waals surface area contributed by atoms with E-state index in [1.54, 1.807) is 13.2 Å². The van der Waals surface area contributed by atoms with Crippen LogP contribution in [0.25, 0.3) is 11.8 Å². The van der Waals surface area contributed by atoms with Crippen molar-refractivity contribution in [2.45, 2.75) is 24.6 Å². The van der Waals surface area contributed by atoms with Crippen LogP contribution in [0.2, 0.25) is 0 Å². The number of hydrogen-bond donors (Lipinski definition) is 0. The highest BCUT2D eigenvalue weighted by Crippen LogP contribution is 2.53. The number of hydrogen-bond acceptors (Lipinski definition) is 4. The molecule has 1 saturated carbocycles. The van der Waals surface area contributed by atoms with E-state index in [9.17, 15) is 10.1 Å². The molecule has 146 valence electrons. The first-order chi connectivity index (χ1) is 13.3. The van der Waals surface area contributed by atoms with E-state index >= 15 is 0 Å². The maximum atomic E-state index is 12.2. The maximum Gasteiger partial charge on any atom is 0.348 e. The van der Waals surface area contributed by atoms with Crippen LogP contribution >= 0.6 is 23.2 Å². The number of nitrogens with zero attached hydrogens (tertiary/aromatic N) is 2. The summed E-state index contributed by atoms with van der Waals surface area (Å²) >= 11 is 11.9. The van der Waals surface area contributed by atoms with Crippen LogP contribution in [0, 0.1) is 31.1 Å². The number of nitriles is 1. The number of alkyl halides is 2. The van der Waals surface area contributed by atoms with Crippen LogP contribution in [0.1, 0.15) is 23.4 Å². The number of aryl methyl sites for hydroxylation is 1. The molecule has 0 amide bonds. The van der Waals surface area contributed by atoms with E-state index in [4.69, 9.17) is 32.7 Å². The molecule has 1 atom stereocenters. The van der Waals surface area contributed by atoms with Gasteiger partial charge in [0.25, 0.3) is 0 Å². The van der Waals surface area contributed by atoms with E-state index < -0.39 is 10.3 Å². The summed E-state index contributed by atoms with van der Waals surface area (Å²) in [5.74, 6) is 0.0158. The minimum absolute atomic E-state index is 0.0645. The van der Waals surface area contributed by atoms with Gasteiger partial charge in [-0.1, -0.05) is 0 Å². The van der Waals surface area contributed by atoms with Crippen molar-refractivity contribution in [1.29, 1.82) is 5.26 Å². The fourth-order valence-electron chi connectivity index (χ4n) is 3.06. The van der Waals surface area contributed by atoms with Gasteiger partial charge in [0.2, 0.25) is 0 Å². The second kappa shape index (κ2) is 7.90. The average Bonchev–Trinajstić information content (AvgIpc) is 3.19. The van der Waals surface area contributed by atoms with Crippen molar-refractivity contribution in [2.24, 2.45) is 5.92 Å². The second-order valence-electron chi connectivity index (χ2n) is 6.79. The summed E-state index contributed by atoms with van der Waals surface area (Å²) in [6.45, 7) is 4.01. The van der Waals surface area contributed by atoms with Gasteiger partial charge in [0.15, 0.2) is 0 Å². The van der Waals surface area contributed by atoms with Crippen LogP contribution in [-0.2, 0) is 9.53 Å². The lowest BCUT2D eigenvalue weighted by molar-refractivity contribution is -0.138. The van der Waals surface area contributed by atoms with Crippen molar-refractivity contribution in [3.05, 3.63) is 52.9 Å². The molecule has 0 radical (unpaired) electrons. The normalized spacial score (nSPS) is 17.7. The molecular weight excluding hydrogens is 399 g/mol. The summed E-state index contributed by atoms with van der Waals surface area (Å²) in [5.41, 5.74) is 3.56. The zero-order valence-electron chi connectivity index (χ0n) is 15.8. The second-order valence-corrected chi connectivity index (χ2v) is 8.33. The Kier molecular flexibility index (Phi) is 5.74. The van der Waals surface area contributed by atoms with Gasteiger partial charge in [-0.2, -0.15) is 5.26 Å². The van der Waals surface area contributed by atoms with Crippen molar-refractivity contribution >= 4 is 35.2 Å². The molecule has 1 aliphatic rings. The highest BCUT2D eigenvalue weighted by molar-refractivity contribution is 6.50. The van der Waals surface area contributed by atoms with E-state index in [-0.39, 0.29) is 18.1 Å². The highest BCUT2D eigenvalue weighted by atomic mass is 35.5. The average molecular weight is 419 g/mol. The van der Waals surface area contributed by atoms with Crippen LogP contribution in [0.3, 0.4) is 0 Å². The lowest BCUT2D eigenvalue weighted by atomic mass is 10.1. The lowest BCUT2D eigenvalue weighted by Gasteiger charge is -2.10. The third-order valence-corrected chi connectivity index (χ3v) is 5.74. The Hall–Kier alpha value is -2.42. The molecular formula is C21H20Cl2N2O3. The van der Waals surface area contributed by atoms with Gasteiger partial charge in [-0.15, -0.1) is 23.2 Å². The molecule has 1 unspecified atom stereocenters. The van der Waals surface area contributed by atoms with Gasteiger partial charge in [-0.05, 0) is 62.2 Å². The predicted molar refractivity (Wildman–Crippen MR) is 109 cm³/mol. The maximum absolute atomic E-state index is 12.2. The molecule has 0 aliphatic heterocycles. The summed E-state index contributed by atoms with van der Waals surface area (Å²) in [7, 11) is 1.62. The Morgan fingerprint density at radius 1 is 1.36 bits per heavy atom. The van der Waals surface area contributed by atoms with Crippen LogP contribution in [-0.4, -0.2) is 28.6 Å². The van der Waals surface area contributed by atoms with E-state index in [2.05, 4.69) is 0 Å². The van der Waals surface area contributed by atoms with E-state index in [1.165, 1.54) is 0 Å². The molecule has 3 rings (SSSR count). The van der Waals surface area contributed by atoms with Crippen LogP contribution < -0.4 is 4.74 Å². The third-order valence-electron chi connectivity index (χ3n) is 4.81. The number of halogens is 2. The zero-order chi connectivity index (χ0) is 20.5. The fourth-order valence-corrected chi connectivity index (χ4v) is 3.56. The number of esters is 1. The Bertz CT molecular complexity index is 969. The molecule has 5 nitrogen and oxygen atoms in total. The summed E-state index contributed by atoms with van der Waals surface area (Å²) < 4.78 is 11.6. The molecule has 1 aliphatic carbocycles. The number of rotatable bonds is 6. The first-order valence-electron chi connectivity index (χ1n) is 8.77. The van der Waals surface area contributed by atoms with Gasteiger partial charge in [0.1, 0.15) is 21.7 Å². The van der Waals surface area contributed by atoms with E-state index in [0.717, 1.165) is 28.4 Å². The van der Waals surface area contributed by atoms with Crippen molar-refractivity contribution in [1.82, 2.24) is 4.57 Å². The molecule has 1 aromatic heterocycles. The van der Waals surface area contributed by atoms with Gasteiger partial charge < -0.3 is 14.0 Å². The summed E-state index contributed by atoms with van der Waals surface area (Å²) in [5, 5.41) is 9.39. The van der Waals surface area contributed by atoms with Gasteiger partial charge in [0.05, 0.1) is 13.7 Å². The van der Waals surface area contributed by atoms with Crippen molar-refractivity contribution in [2.75, 3.05) is 13.7 Å². The number of methoxy groups -OCH3 is 1. The summed E-state index contributed by atoms with van der Waals surface area (Å²) in [6, 6.07) is 11.5. The molecule has 0 bridgehead atoms. The van der Waals surface area contributed by atoms with E-state index in [1.807, 2.05) is 54.8 Å². The monoisotopic (exact) mass is 418 g/mol. The SMILES string of the molecule is COc1ccc(-n2c(C)cc(/C=C(\C#N)C(=O)OCC3CC3(Cl)Cl)c2C)cc1. The van der Waals surface area contributed by atoms with Gasteiger partial charge in [-0.3, -0.25) is 0 Å². The van der Waals surface area contributed by atoms with Gasteiger partial charge >= 0.3 is 5.97 Å². The minimum Gasteiger partial charge on any atom is -0.497 e. The number of benzene rings is 1. The molecule has 2 aromatic rings. The first-order valence-corrected chi connectivity index (χ1v) is 9.52. The summed E-state index contributed by atoms with van der Waals surface area (Å²) in [6.07, 6.45) is 2.13. The summed E-state index contributed by atoms with van der Waals surface area (Å²) in [4.78, 5) is 12.2. The third kappa shape index (κ3) is 4.19. The standard InChI is InChI=1S/C21H20Cl2N2O3/c1-13-8-15(14(2)25(13)18-4-6-19(27-3)7-5-18)9-16(11-24)20(26)28-12-17-10-21(17,22)23/h4-9,17H,10,12H2,1-3H3/b16-9+. The molecule has 1 fully saturated rings. The molecule has 0 spiro atoms. The Balaban J connectivity index is 1.82. The molecule has 0 saturated heterocycles. The number of carbonyl (C=O) groups is 1. The molecule has 1 heterocycles. The number of ether oxygens (including phenoxy) is 2.